The molecular formula is C13H17ClN4O. The summed E-state index contributed by atoms with van der Waals surface area (Å²) in [6.45, 7) is 3.38. The molecule has 102 valence electrons. The molecule has 0 unspecified atom stereocenters. The van der Waals surface area contributed by atoms with Crippen LogP contribution in [0.2, 0.25) is 5.02 Å². The van der Waals surface area contributed by atoms with Gasteiger partial charge in [-0.15, -0.1) is 5.10 Å². The molecule has 6 heteroatoms. The molecule has 1 aromatic carbocycles. The first-order valence-electron chi connectivity index (χ1n) is 6.20. The summed E-state index contributed by atoms with van der Waals surface area (Å²) in [5, 5.41) is 11.7. The van der Waals surface area contributed by atoms with Crippen LogP contribution in [0.5, 0.6) is 5.75 Å². The number of benzene rings is 1. The predicted molar refractivity (Wildman–Crippen MR) is 75.6 cm³/mol. The Labute approximate surface area is 117 Å². The van der Waals surface area contributed by atoms with Gasteiger partial charge in [0.1, 0.15) is 5.75 Å². The van der Waals surface area contributed by atoms with Crippen LogP contribution in [0.4, 0.5) is 5.69 Å². The van der Waals surface area contributed by atoms with Gasteiger partial charge in [0.15, 0.2) is 0 Å². The van der Waals surface area contributed by atoms with Gasteiger partial charge in [0.25, 0.3) is 0 Å². The van der Waals surface area contributed by atoms with Crippen molar-refractivity contribution < 1.29 is 4.74 Å². The van der Waals surface area contributed by atoms with Crippen molar-refractivity contribution >= 4 is 17.3 Å². The second-order valence-electron chi connectivity index (χ2n) is 4.19. The van der Waals surface area contributed by atoms with E-state index in [1.807, 2.05) is 25.2 Å². The molecule has 0 aliphatic heterocycles. The van der Waals surface area contributed by atoms with Gasteiger partial charge in [0, 0.05) is 12.1 Å². The number of aromatic nitrogens is 3. The van der Waals surface area contributed by atoms with E-state index in [2.05, 4.69) is 22.6 Å². The third-order valence-corrected chi connectivity index (χ3v) is 2.91. The van der Waals surface area contributed by atoms with Crippen LogP contribution in [0.3, 0.4) is 0 Å². The van der Waals surface area contributed by atoms with E-state index >= 15 is 0 Å². The Morgan fingerprint density at radius 1 is 1.42 bits per heavy atom. The Bertz CT molecular complexity index is 541. The summed E-state index contributed by atoms with van der Waals surface area (Å²) in [6, 6.07) is 5.56. The predicted octanol–water partition coefficient (Wildman–Crippen LogP) is 2.87. The third kappa shape index (κ3) is 3.61. The second-order valence-corrected chi connectivity index (χ2v) is 4.63. The number of nitrogens with one attached hydrogen (secondary N) is 1. The molecule has 0 atom stereocenters. The minimum absolute atomic E-state index is 0.617. The summed E-state index contributed by atoms with van der Waals surface area (Å²) >= 11 is 6.02. The molecule has 0 fully saturated rings. The van der Waals surface area contributed by atoms with Gasteiger partial charge in [-0.2, -0.15) is 0 Å². The lowest BCUT2D eigenvalue weighted by Crippen LogP contribution is -2.07. The number of nitrogens with zero attached hydrogens (tertiary/aromatic N) is 3. The highest BCUT2D eigenvalue weighted by atomic mass is 35.5. The number of hydrogen-bond acceptors (Lipinski definition) is 4. The number of aryl methyl sites for hydroxylation is 1. The quantitative estimate of drug-likeness (QED) is 0.884. The van der Waals surface area contributed by atoms with E-state index < -0.39 is 0 Å². The highest BCUT2D eigenvalue weighted by Gasteiger charge is 2.06. The maximum atomic E-state index is 6.02. The minimum atomic E-state index is 0.617. The number of halogens is 1. The molecule has 1 aromatic heterocycles. The fourth-order valence-corrected chi connectivity index (χ4v) is 1.81. The van der Waals surface area contributed by atoms with E-state index in [-0.39, 0.29) is 0 Å². The standard InChI is InChI=1S/C13H17ClN4O/c1-3-6-19-13-5-4-10(14)7-12(13)15-8-11-9-16-17-18(11)2/h4-5,7,9,15H,3,6,8H2,1-2H3. The zero-order valence-electron chi connectivity index (χ0n) is 11.1. The van der Waals surface area contributed by atoms with Crippen LogP contribution >= 0.6 is 11.6 Å². The van der Waals surface area contributed by atoms with E-state index in [4.69, 9.17) is 16.3 Å². The second kappa shape index (κ2) is 6.43. The third-order valence-electron chi connectivity index (χ3n) is 2.67. The Hall–Kier alpha value is -1.75. The molecule has 1 N–H and O–H groups in total. The van der Waals surface area contributed by atoms with Gasteiger partial charge in [-0.1, -0.05) is 23.7 Å². The maximum Gasteiger partial charge on any atom is 0.142 e. The van der Waals surface area contributed by atoms with Gasteiger partial charge >= 0.3 is 0 Å². The van der Waals surface area contributed by atoms with Crippen molar-refractivity contribution in [3.05, 3.63) is 35.1 Å². The van der Waals surface area contributed by atoms with Crippen LogP contribution in [0.15, 0.2) is 24.4 Å². The molecule has 0 radical (unpaired) electrons. The summed E-state index contributed by atoms with van der Waals surface area (Å²) in [5.74, 6) is 0.807. The molecule has 2 rings (SSSR count). The van der Waals surface area contributed by atoms with Crippen molar-refractivity contribution in [1.82, 2.24) is 15.0 Å². The van der Waals surface area contributed by atoms with Gasteiger partial charge in [-0.3, -0.25) is 4.68 Å². The topological polar surface area (TPSA) is 52.0 Å². The van der Waals surface area contributed by atoms with Gasteiger partial charge < -0.3 is 10.1 Å². The molecule has 1 heterocycles. The molecule has 0 saturated heterocycles. The van der Waals surface area contributed by atoms with Crippen LogP contribution in [-0.2, 0) is 13.6 Å². The fraction of sp³-hybridized carbons (Fsp3) is 0.385. The summed E-state index contributed by atoms with van der Waals surface area (Å²) in [5.41, 5.74) is 1.86. The molecule has 5 nitrogen and oxygen atoms in total. The highest BCUT2D eigenvalue weighted by molar-refractivity contribution is 6.30. The van der Waals surface area contributed by atoms with Crippen molar-refractivity contribution in [2.24, 2.45) is 7.05 Å². The van der Waals surface area contributed by atoms with Gasteiger partial charge in [0.05, 0.1) is 30.7 Å². The Balaban J connectivity index is 2.09. The first kappa shape index (κ1) is 13.7. The summed E-state index contributed by atoms with van der Waals surface area (Å²) < 4.78 is 7.41. The molecule has 2 aromatic rings. The Kier molecular flexibility index (Phi) is 4.63. The highest BCUT2D eigenvalue weighted by Crippen LogP contribution is 2.28. The largest absolute Gasteiger partial charge is 0.491 e. The lowest BCUT2D eigenvalue weighted by Gasteiger charge is -2.13. The van der Waals surface area contributed by atoms with E-state index in [1.54, 1.807) is 10.9 Å². The summed E-state index contributed by atoms with van der Waals surface area (Å²) in [6.07, 6.45) is 2.69. The maximum absolute atomic E-state index is 6.02. The number of hydrogen-bond donors (Lipinski definition) is 1. The SMILES string of the molecule is CCCOc1ccc(Cl)cc1NCc1cnnn1C. The molecule has 0 amide bonds. The van der Waals surface area contributed by atoms with Crippen LogP contribution < -0.4 is 10.1 Å². The summed E-state index contributed by atoms with van der Waals surface area (Å²) in [4.78, 5) is 0. The van der Waals surface area contributed by atoms with Crippen molar-refractivity contribution in [1.29, 1.82) is 0 Å². The average molecular weight is 281 g/mol. The van der Waals surface area contributed by atoms with E-state index in [0.29, 0.717) is 18.2 Å². The lowest BCUT2D eigenvalue weighted by molar-refractivity contribution is 0.319. The van der Waals surface area contributed by atoms with Crippen LogP contribution in [-0.4, -0.2) is 21.6 Å². The molecule has 0 spiro atoms. The zero-order valence-corrected chi connectivity index (χ0v) is 11.8. The van der Waals surface area contributed by atoms with Crippen molar-refractivity contribution in [2.75, 3.05) is 11.9 Å². The van der Waals surface area contributed by atoms with Crippen LogP contribution in [0.1, 0.15) is 19.0 Å². The molecule has 19 heavy (non-hydrogen) atoms. The molecule has 0 aliphatic carbocycles. The average Bonchev–Trinajstić information content (AvgIpc) is 2.81. The van der Waals surface area contributed by atoms with Gasteiger partial charge in [-0.05, 0) is 24.6 Å². The monoisotopic (exact) mass is 280 g/mol. The number of anilines is 1. The van der Waals surface area contributed by atoms with Crippen LogP contribution in [0, 0.1) is 0 Å². The lowest BCUT2D eigenvalue weighted by atomic mass is 10.3. The van der Waals surface area contributed by atoms with Crippen molar-refractivity contribution in [2.45, 2.75) is 19.9 Å². The number of rotatable bonds is 6. The van der Waals surface area contributed by atoms with E-state index in [9.17, 15) is 0 Å². The Morgan fingerprint density at radius 3 is 2.95 bits per heavy atom. The first-order valence-corrected chi connectivity index (χ1v) is 6.58. The molecule has 0 bridgehead atoms. The molecule has 0 saturated carbocycles. The molecule has 0 aliphatic rings. The zero-order chi connectivity index (χ0) is 13.7. The van der Waals surface area contributed by atoms with Crippen molar-refractivity contribution in [3.8, 4) is 5.75 Å². The van der Waals surface area contributed by atoms with Gasteiger partial charge in [-0.25, -0.2) is 0 Å². The normalized spacial score (nSPS) is 10.5. The first-order chi connectivity index (χ1) is 9.20. The van der Waals surface area contributed by atoms with Gasteiger partial charge in [0.2, 0.25) is 0 Å². The summed E-state index contributed by atoms with van der Waals surface area (Å²) in [7, 11) is 1.86. The van der Waals surface area contributed by atoms with E-state index in [0.717, 1.165) is 23.6 Å². The Morgan fingerprint density at radius 2 is 2.26 bits per heavy atom. The van der Waals surface area contributed by atoms with Crippen molar-refractivity contribution in [3.63, 3.8) is 0 Å². The molecular weight excluding hydrogens is 264 g/mol. The smallest absolute Gasteiger partial charge is 0.142 e. The number of ether oxygens (including phenoxy) is 1. The fourth-order valence-electron chi connectivity index (χ4n) is 1.63. The van der Waals surface area contributed by atoms with Crippen LogP contribution in [0.25, 0.3) is 0 Å². The van der Waals surface area contributed by atoms with E-state index in [1.165, 1.54) is 0 Å². The minimum Gasteiger partial charge on any atom is -0.491 e.